The van der Waals surface area contributed by atoms with Crippen LogP contribution in [0.4, 0.5) is 5.69 Å². The number of hydrogen-bond acceptors (Lipinski definition) is 1. The van der Waals surface area contributed by atoms with E-state index >= 15 is 0 Å². The Labute approximate surface area is 88.1 Å². The summed E-state index contributed by atoms with van der Waals surface area (Å²) in [5.74, 6) is 0. The molecule has 1 nitrogen and oxygen atoms in total. The first kappa shape index (κ1) is 8.32. The highest BCUT2D eigenvalue weighted by atomic mass is 79.9. The van der Waals surface area contributed by atoms with Crippen molar-refractivity contribution in [2.24, 2.45) is 0 Å². The SMILES string of the molecule is C=C1Cc2cc(Br)cc(Br)c2N1. The fourth-order valence-electron chi connectivity index (χ4n) is 1.36. The Balaban J connectivity index is 2.59. The highest BCUT2D eigenvalue weighted by molar-refractivity contribution is 9.11. The van der Waals surface area contributed by atoms with Crippen molar-refractivity contribution in [1.82, 2.24) is 0 Å². The number of benzene rings is 1. The average molecular weight is 289 g/mol. The number of anilines is 1. The lowest BCUT2D eigenvalue weighted by atomic mass is 10.1. The molecule has 0 amide bonds. The van der Waals surface area contributed by atoms with Crippen LogP contribution in [0.15, 0.2) is 33.4 Å². The van der Waals surface area contributed by atoms with Crippen LogP contribution in [0.1, 0.15) is 5.56 Å². The fourth-order valence-corrected chi connectivity index (χ4v) is 2.77. The van der Waals surface area contributed by atoms with Crippen molar-refractivity contribution in [3.8, 4) is 0 Å². The van der Waals surface area contributed by atoms with Gasteiger partial charge in [-0.15, -0.1) is 0 Å². The van der Waals surface area contributed by atoms with Gasteiger partial charge in [0.15, 0.2) is 0 Å². The van der Waals surface area contributed by atoms with E-state index in [1.165, 1.54) is 5.56 Å². The van der Waals surface area contributed by atoms with Crippen molar-refractivity contribution in [2.75, 3.05) is 5.32 Å². The molecule has 1 aromatic carbocycles. The van der Waals surface area contributed by atoms with E-state index in [0.29, 0.717) is 0 Å². The summed E-state index contributed by atoms with van der Waals surface area (Å²) in [4.78, 5) is 0. The van der Waals surface area contributed by atoms with Crippen LogP contribution in [0.2, 0.25) is 0 Å². The zero-order valence-corrected chi connectivity index (χ0v) is 9.50. The molecule has 0 spiro atoms. The van der Waals surface area contributed by atoms with Crippen LogP contribution in [0, 0.1) is 0 Å². The highest BCUT2D eigenvalue weighted by Crippen LogP contribution is 2.36. The molecule has 2 rings (SSSR count). The number of rotatable bonds is 0. The molecule has 3 heteroatoms. The van der Waals surface area contributed by atoms with E-state index in [1.807, 2.05) is 6.07 Å². The number of nitrogens with one attached hydrogen (secondary N) is 1. The van der Waals surface area contributed by atoms with Gasteiger partial charge in [0, 0.05) is 21.1 Å². The maximum absolute atomic E-state index is 3.89. The minimum Gasteiger partial charge on any atom is -0.358 e. The summed E-state index contributed by atoms with van der Waals surface area (Å²) in [6.45, 7) is 3.89. The van der Waals surface area contributed by atoms with E-state index in [-0.39, 0.29) is 0 Å². The Bertz CT molecular complexity index is 358. The Morgan fingerprint density at radius 2 is 2.08 bits per heavy atom. The fraction of sp³-hybridized carbons (Fsp3) is 0.111. The van der Waals surface area contributed by atoms with Crippen LogP contribution >= 0.6 is 31.9 Å². The average Bonchev–Trinajstić information content (AvgIpc) is 2.29. The number of halogens is 2. The molecule has 0 aromatic heterocycles. The van der Waals surface area contributed by atoms with Crippen LogP contribution in [-0.4, -0.2) is 0 Å². The van der Waals surface area contributed by atoms with E-state index in [2.05, 4.69) is 49.8 Å². The van der Waals surface area contributed by atoms with Gasteiger partial charge >= 0.3 is 0 Å². The molecule has 1 aliphatic rings. The normalized spacial score (nSPS) is 14.3. The van der Waals surface area contributed by atoms with Gasteiger partial charge < -0.3 is 5.32 Å². The van der Waals surface area contributed by atoms with Crippen molar-refractivity contribution in [2.45, 2.75) is 6.42 Å². The third kappa shape index (κ3) is 1.31. The molecule has 1 aromatic rings. The topological polar surface area (TPSA) is 12.0 Å². The molecule has 0 aliphatic carbocycles. The maximum atomic E-state index is 3.89. The van der Waals surface area contributed by atoms with Crippen LogP contribution in [0.25, 0.3) is 0 Å². The Hall–Kier alpha value is -0.280. The van der Waals surface area contributed by atoms with Gasteiger partial charge in [-0.05, 0) is 33.6 Å². The predicted octanol–water partition coefficient (Wildman–Crippen LogP) is 3.69. The minimum absolute atomic E-state index is 0.924. The molecule has 0 atom stereocenters. The zero-order chi connectivity index (χ0) is 8.72. The van der Waals surface area contributed by atoms with Crippen LogP contribution < -0.4 is 5.32 Å². The van der Waals surface area contributed by atoms with E-state index in [0.717, 1.165) is 26.8 Å². The summed E-state index contributed by atoms with van der Waals surface area (Å²) in [6, 6.07) is 4.15. The largest absolute Gasteiger partial charge is 0.358 e. The Morgan fingerprint density at radius 3 is 2.83 bits per heavy atom. The molecule has 0 radical (unpaired) electrons. The summed E-state index contributed by atoms with van der Waals surface area (Å²) in [7, 11) is 0. The molecule has 1 heterocycles. The standard InChI is InChI=1S/C9H7Br2N/c1-5-2-6-3-7(10)4-8(11)9(6)12-5/h3-4,12H,1-2H2. The monoisotopic (exact) mass is 287 g/mol. The molecule has 0 bridgehead atoms. The van der Waals surface area contributed by atoms with Crippen LogP contribution in [-0.2, 0) is 6.42 Å². The summed E-state index contributed by atoms with van der Waals surface area (Å²) in [5, 5.41) is 3.23. The molecular formula is C9H7Br2N. The van der Waals surface area contributed by atoms with Gasteiger partial charge in [-0.2, -0.15) is 0 Å². The minimum atomic E-state index is 0.924. The van der Waals surface area contributed by atoms with Crippen molar-refractivity contribution in [3.63, 3.8) is 0 Å². The second-order valence-corrected chi connectivity index (χ2v) is 4.60. The lowest BCUT2D eigenvalue weighted by Crippen LogP contribution is -1.88. The second kappa shape index (κ2) is 2.89. The lowest BCUT2D eigenvalue weighted by molar-refractivity contribution is 1.26. The van der Waals surface area contributed by atoms with Gasteiger partial charge in [0.1, 0.15) is 0 Å². The van der Waals surface area contributed by atoms with Gasteiger partial charge in [-0.1, -0.05) is 22.5 Å². The van der Waals surface area contributed by atoms with Gasteiger partial charge in [0.2, 0.25) is 0 Å². The lowest BCUT2D eigenvalue weighted by Gasteiger charge is -2.02. The Kier molecular flexibility index (Phi) is 2.00. The summed E-state index contributed by atoms with van der Waals surface area (Å²) in [6.07, 6.45) is 0.924. The Morgan fingerprint density at radius 1 is 1.33 bits per heavy atom. The summed E-state index contributed by atoms with van der Waals surface area (Å²) in [5.41, 5.74) is 3.51. The molecule has 0 saturated heterocycles. The van der Waals surface area contributed by atoms with E-state index < -0.39 is 0 Å². The van der Waals surface area contributed by atoms with E-state index in [9.17, 15) is 0 Å². The molecule has 1 aliphatic heterocycles. The second-order valence-electron chi connectivity index (χ2n) is 2.83. The van der Waals surface area contributed by atoms with Gasteiger partial charge in [0.05, 0.1) is 5.69 Å². The third-order valence-corrected chi connectivity index (χ3v) is 2.93. The highest BCUT2D eigenvalue weighted by Gasteiger charge is 2.16. The number of allylic oxidation sites excluding steroid dienone is 1. The smallest absolute Gasteiger partial charge is 0.0563 e. The molecule has 62 valence electrons. The molecule has 12 heavy (non-hydrogen) atoms. The van der Waals surface area contributed by atoms with E-state index in [1.54, 1.807) is 0 Å². The first-order chi connectivity index (χ1) is 5.66. The molecule has 0 fully saturated rings. The van der Waals surface area contributed by atoms with Crippen molar-refractivity contribution < 1.29 is 0 Å². The number of fused-ring (bicyclic) bond motifs is 1. The van der Waals surface area contributed by atoms with Crippen molar-refractivity contribution in [3.05, 3.63) is 38.9 Å². The third-order valence-electron chi connectivity index (χ3n) is 1.84. The van der Waals surface area contributed by atoms with Crippen molar-refractivity contribution in [1.29, 1.82) is 0 Å². The molecular weight excluding hydrogens is 282 g/mol. The van der Waals surface area contributed by atoms with Crippen LogP contribution in [0.3, 0.4) is 0 Å². The molecule has 0 unspecified atom stereocenters. The summed E-state index contributed by atoms with van der Waals surface area (Å²) < 4.78 is 2.19. The zero-order valence-electron chi connectivity index (χ0n) is 6.32. The van der Waals surface area contributed by atoms with Gasteiger partial charge in [-0.25, -0.2) is 0 Å². The van der Waals surface area contributed by atoms with Crippen LogP contribution in [0.5, 0.6) is 0 Å². The quantitative estimate of drug-likeness (QED) is 0.768. The van der Waals surface area contributed by atoms with Crippen molar-refractivity contribution >= 4 is 37.5 Å². The van der Waals surface area contributed by atoms with Gasteiger partial charge in [-0.3, -0.25) is 0 Å². The maximum Gasteiger partial charge on any atom is 0.0563 e. The molecule has 1 N–H and O–H groups in total. The number of hydrogen-bond donors (Lipinski definition) is 1. The molecule has 0 saturated carbocycles. The van der Waals surface area contributed by atoms with E-state index in [4.69, 9.17) is 0 Å². The first-order valence-corrected chi connectivity index (χ1v) is 5.18. The first-order valence-electron chi connectivity index (χ1n) is 3.59. The predicted molar refractivity (Wildman–Crippen MR) is 58.3 cm³/mol. The summed E-state index contributed by atoms with van der Waals surface area (Å²) >= 11 is 6.94. The van der Waals surface area contributed by atoms with Gasteiger partial charge in [0.25, 0.3) is 0 Å².